The van der Waals surface area contributed by atoms with Gasteiger partial charge in [0.15, 0.2) is 9.84 Å². The van der Waals surface area contributed by atoms with E-state index < -0.39 is 9.84 Å². The molecule has 3 nitrogen and oxygen atoms in total. The van der Waals surface area contributed by atoms with Crippen LogP contribution in [-0.2, 0) is 15.6 Å². The van der Waals surface area contributed by atoms with Crippen LogP contribution in [0.2, 0.25) is 0 Å². The molecule has 0 heterocycles. The highest BCUT2D eigenvalue weighted by molar-refractivity contribution is 7.90. The Morgan fingerprint density at radius 1 is 0.944 bits per heavy atom. The molecule has 18 heavy (non-hydrogen) atoms. The SMILES string of the molecule is N=Cc1ccc(S(=O)(=O)Cc2ccccc2)cc1. The van der Waals surface area contributed by atoms with Gasteiger partial charge >= 0.3 is 0 Å². The van der Waals surface area contributed by atoms with E-state index in [1.807, 2.05) is 18.2 Å². The summed E-state index contributed by atoms with van der Waals surface area (Å²) >= 11 is 0. The fraction of sp³-hybridized carbons (Fsp3) is 0.0714. The van der Waals surface area contributed by atoms with Gasteiger partial charge in [-0.3, -0.25) is 0 Å². The average molecular weight is 259 g/mol. The van der Waals surface area contributed by atoms with Crippen molar-refractivity contribution in [3.05, 3.63) is 65.7 Å². The predicted octanol–water partition coefficient (Wildman–Crippen LogP) is 2.66. The van der Waals surface area contributed by atoms with Crippen LogP contribution in [0.4, 0.5) is 0 Å². The molecule has 2 aromatic carbocycles. The van der Waals surface area contributed by atoms with Gasteiger partial charge in [-0.25, -0.2) is 8.42 Å². The Hall–Kier alpha value is -1.94. The van der Waals surface area contributed by atoms with Gasteiger partial charge in [0, 0.05) is 6.21 Å². The minimum atomic E-state index is -3.31. The molecule has 0 unspecified atom stereocenters. The Labute approximate surface area is 107 Å². The zero-order chi connectivity index (χ0) is 13.0. The second-order valence-corrected chi connectivity index (χ2v) is 5.95. The third-order valence-electron chi connectivity index (χ3n) is 2.61. The molecule has 2 aromatic rings. The highest BCUT2D eigenvalue weighted by Gasteiger charge is 2.14. The zero-order valence-electron chi connectivity index (χ0n) is 9.71. The van der Waals surface area contributed by atoms with Crippen LogP contribution in [0.5, 0.6) is 0 Å². The van der Waals surface area contributed by atoms with Crippen LogP contribution in [0.15, 0.2) is 59.5 Å². The molecule has 0 saturated heterocycles. The van der Waals surface area contributed by atoms with Crippen LogP contribution in [-0.4, -0.2) is 14.6 Å². The molecule has 2 rings (SSSR count). The smallest absolute Gasteiger partial charge is 0.182 e. The van der Waals surface area contributed by atoms with E-state index >= 15 is 0 Å². The Bertz CT molecular complexity index is 631. The number of hydrogen-bond acceptors (Lipinski definition) is 3. The van der Waals surface area contributed by atoms with Crippen molar-refractivity contribution in [2.45, 2.75) is 10.6 Å². The maximum Gasteiger partial charge on any atom is 0.182 e. The Kier molecular flexibility index (Phi) is 3.58. The van der Waals surface area contributed by atoms with E-state index in [-0.39, 0.29) is 10.6 Å². The molecule has 0 fully saturated rings. The molecule has 0 radical (unpaired) electrons. The molecule has 0 bridgehead atoms. The van der Waals surface area contributed by atoms with E-state index in [4.69, 9.17) is 5.41 Å². The van der Waals surface area contributed by atoms with Crippen molar-refractivity contribution in [3.63, 3.8) is 0 Å². The molecule has 0 spiro atoms. The number of rotatable bonds is 4. The minimum absolute atomic E-state index is 0.00221. The summed E-state index contributed by atoms with van der Waals surface area (Å²) in [5.41, 5.74) is 1.46. The fourth-order valence-corrected chi connectivity index (χ4v) is 3.00. The largest absolute Gasteiger partial charge is 0.308 e. The molecule has 0 amide bonds. The molecular weight excluding hydrogens is 246 g/mol. The van der Waals surface area contributed by atoms with Crippen molar-refractivity contribution < 1.29 is 8.42 Å². The molecule has 0 atom stereocenters. The first-order valence-electron chi connectivity index (χ1n) is 5.49. The molecule has 4 heteroatoms. The van der Waals surface area contributed by atoms with Gasteiger partial charge in [-0.05, 0) is 23.3 Å². The first kappa shape index (κ1) is 12.5. The second kappa shape index (κ2) is 5.14. The van der Waals surface area contributed by atoms with E-state index in [1.165, 1.54) is 6.21 Å². The first-order valence-corrected chi connectivity index (χ1v) is 7.14. The van der Waals surface area contributed by atoms with Crippen molar-refractivity contribution in [1.82, 2.24) is 0 Å². The monoisotopic (exact) mass is 259 g/mol. The van der Waals surface area contributed by atoms with Crippen LogP contribution < -0.4 is 0 Å². The van der Waals surface area contributed by atoms with Crippen molar-refractivity contribution in [2.24, 2.45) is 0 Å². The van der Waals surface area contributed by atoms with Gasteiger partial charge < -0.3 is 5.41 Å². The van der Waals surface area contributed by atoms with Crippen molar-refractivity contribution in [1.29, 1.82) is 5.41 Å². The lowest BCUT2D eigenvalue weighted by molar-refractivity contribution is 0.595. The molecule has 0 aliphatic heterocycles. The van der Waals surface area contributed by atoms with E-state index in [0.29, 0.717) is 5.56 Å². The van der Waals surface area contributed by atoms with Gasteiger partial charge in [0.25, 0.3) is 0 Å². The summed E-state index contributed by atoms with van der Waals surface area (Å²) in [6, 6.07) is 15.4. The van der Waals surface area contributed by atoms with Crippen LogP contribution >= 0.6 is 0 Å². The van der Waals surface area contributed by atoms with Crippen molar-refractivity contribution in [2.75, 3.05) is 0 Å². The maximum atomic E-state index is 12.1. The maximum absolute atomic E-state index is 12.1. The standard InChI is InChI=1S/C14H13NO2S/c15-10-12-6-8-14(9-7-12)18(16,17)11-13-4-2-1-3-5-13/h1-10,15H,11H2. The summed E-state index contributed by atoms with van der Waals surface area (Å²) in [6.07, 6.45) is 1.19. The normalized spacial score (nSPS) is 11.1. The molecule has 0 aliphatic carbocycles. The van der Waals surface area contributed by atoms with Gasteiger partial charge in [-0.15, -0.1) is 0 Å². The van der Waals surface area contributed by atoms with Gasteiger partial charge in [0.2, 0.25) is 0 Å². The Morgan fingerprint density at radius 2 is 1.56 bits per heavy atom. The Balaban J connectivity index is 2.28. The van der Waals surface area contributed by atoms with Crippen molar-refractivity contribution >= 4 is 16.1 Å². The van der Waals surface area contributed by atoms with E-state index in [9.17, 15) is 8.42 Å². The van der Waals surface area contributed by atoms with Gasteiger partial charge in [0.05, 0.1) is 10.6 Å². The van der Waals surface area contributed by atoms with Crippen LogP contribution in [0.3, 0.4) is 0 Å². The van der Waals surface area contributed by atoms with Crippen LogP contribution in [0.25, 0.3) is 0 Å². The van der Waals surface area contributed by atoms with Crippen LogP contribution in [0, 0.1) is 5.41 Å². The predicted molar refractivity (Wildman–Crippen MR) is 71.7 cm³/mol. The Morgan fingerprint density at radius 3 is 2.11 bits per heavy atom. The van der Waals surface area contributed by atoms with E-state index in [2.05, 4.69) is 0 Å². The van der Waals surface area contributed by atoms with Gasteiger partial charge in [0.1, 0.15) is 0 Å². The van der Waals surface area contributed by atoms with Gasteiger partial charge in [-0.1, -0.05) is 42.5 Å². The average Bonchev–Trinajstić information content (AvgIpc) is 2.39. The van der Waals surface area contributed by atoms with Crippen LogP contribution in [0.1, 0.15) is 11.1 Å². The highest BCUT2D eigenvalue weighted by atomic mass is 32.2. The summed E-state index contributed by atoms with van der Waals surface area (Å²) in [7, 11) is -3.31. The number of hydrogen-bond donors (Lipinski definition) is 1. The molecule has 0 saturated carbocycles. The zero-order valence-corrected chi connectivity index (χ0v) is 10.5. The number of nitrogens with one attached hydrogen (secondary N) is 1. The topological polar surface area (TPSA) is 58.0 Å². The quantitative estimate of drug-likeness (QED) is 0.858. The molecule has 1 N–H and O–H groups in total. The third kappa shape index (κ3) is 2.84. The lowest BCUT2D eigenvalue weighted by atomic mass is 10.2. The summed E-state index contributed by atoms with van der Waals surface area (Å²) in [6.45, 7) is 0. The lowest BCUT2D eigenvalue weighted by Gasteiger charge is -2.04. The second-order valence-electron chi connectivity index (χ2n) is 3.96. The molecular formula is C14H13NO2S. The number of benzene rings is 2. The van der Waals surface area contributed by atoms with E-state index in [1.54, 1.807) is 36.4 Å². The van der Waals surface area contributed by atoms with Gasteiger partial charge in [-0.2, -0.15) is 0 Å². The molecule has 92 valence electrons. The van der Waals surface area contributed by atoms with Crippen molar-refractivity contribution in [3.8, 4) is 0 Å². The summed E-state index contributed by atoms with van der Waals surface area (Å²) < 4.78 is 24.3. The first-order chi connectivity index (χ1) is 8.62. The minimum Gasteiger partial charge on any atom is -0.308 e. The third-order valence-corrected chi connectivity index (χ3v) is 4.31. The lowest BCUT2D eigenvalue weighted by Crippen LogP contribution is -2.04. The molecule has 0 aliphatic rings. The summed E-state index contributed by atoms with van der Waals surface area (Å²) in [5, 5.41) is 7.08. The number of sulfone groups is 1. The fourth-order valence-electron chi connectivity index (χ4n) is 1.65. The summed E-state index contributed by atoms with van der Waals surface area (Å²) in [4.78, 5) is 0.289. The van der Waals surface area contributed by atoms with E-state index in [0.717, 1.165) is 5.56 Å². The highest BCUT2D eigenvalue weighted by Crippen LogP contribution is 2.16. The summed E-state index contributed by atoms with van der Waals surface area (Å²) in [5.74, 6) is -0.00221. The molecule has 0 aromatic heterocycles.